The molecule has 0 amide bonds. The summed E-state index contributed by atoms with van der Waals surface area (Å²) in [6, 6.07) is 3.69. The monoisotopic (exact) mass is 222 g/mol. The van der Waals surface area contributed by atoms with Crippen LogP contribution in [0, 0.1) is 0 Å². The molecule has 0 aliphatic rings. The smallest absolute Gasteiger partial charge is 0.126 e. The van der Waals surface area contributed by atoms with Gasteiger partial charge in [0.25, 0.3) is 0 Å². The van der Waals surface area contributed by atoms with Crippen molar-refractivity contribution in [1.82, 2.24) is 14.5 Å². The number of aromatic nitrogens is 3. The summed E-state index contributed by atoms with van der Waals surface area (Å²) in [5.74, 6) is 0.814. The molecule has 0 radical (unpaired) electrons. The van der Waals surface area contributed by atoms with Gasteiger partial charge < -0.3 is 9.88 Å². The molecular weight excluding hydrogens is 212 g/mol. The zero-order valence-electron chi connectivity index (χ0n) is 8.31. The summed E-state index contributed by atoms with van der Waals surface area (Å²) in [4.78, 5) is 8.34. The number of pyridine rings is 1. The first kappa shape index (κ1) is 9.98. The van der Waals surface area contributed by atoms with E-state index in [1.807, 2.05) is 29.9 Å². The summed E-state index contributed by atoms with van der Waals surface area (Å²) in [6.45, 7) is 0.633. The highest BCUT2D eigenvalue weighted by molar-refractivity contribution is 6.31. The molecule has 5 heteroatoms. The molecule has 0 bridgehead atoms. The molecule has 0 aliphatic heterocycles. The van der Waals surface area contributed by atoms with E-state index in [2.05, 4.69) is 15.3 Å². The number of imidazole rings is 1. The van der Waals surface area contributed by atoms with Crippen LogP contribution in [-0.4, -0.2) is 21.6 Å². The van der Waals surface area contributed by atoms with E-state index in [9.17, 15) is 0 Å². The van der Waals surface area contributed by atoms with E-state index < -0.39 is 0 Å². The average Bonchev–Trinajstić information content (AvgIpc) is 2.74. The Morgan fingerprint density at radius 1 is 1.47 bits per heavy atom. The molecule has 0 spiro atoms. The quantitative estimate of drug-likeness (QED) is 0.864. The van der Waals surface area contributed by atoms with Crippen molar-refractivity contribution in [3.8, 4) is 0 Å². The molecule has 0 atom stereocenters. The second-order valence-electron chi connectivity index (χ2n) is 3.11. The fraction of sp³-hybridized carbons (Fsp3) is 0.200. The number of anilines is 1. The fourth-order valence-corrected chi connectivity index (χ4v) is 1.45. The molecule has 2 heterocycles. The van der Waals surface area contributed by atoms with E-state index in [1.165, 1.54) is 0 Å². The van der Waals surface area contributed by atoms with Crippen molar-refractivity contribution in [2.24, 2.45) is 0 Å². The van der Waals surface area contributed by atoms with Crippen LogP contribution < -0.4 is 5.32 Å². The second kappa shape index (κ2) is 4.31. The minimum absolute atomic E-state index is 0.633. The highest BCUT2D eigenvalue weighted by Gasteiger charge is 2.03. The number of rotatable bonds is 3. The van der Waals surface area contributed by atoms with Gasteiger partial charge in [-0.15, -0.1) is 0 Å². The zero-order valence-corrected chi connectivity index (χ0v) is 9.07. The van der Waals surface area contributed by atoms with Crippen molar-refractivity contribution >= 4 is 17.4 Å². The molecule has 0 aliphatic carbocycles. The van der Waals surface area contributed by atoms with Crippen molar-refractivity contribution in [2.45, 2.75) is 6.54 Å². The number of halogens is 1. The summed E-state index contributed by atoms with van der Waals surface area (Å²) in [5, 5.41) is 3.65. The van der Waals surface area contributed by atoms with E-state index >= 15 is 0 Å². The lowest BCUT2D eigenvalue weighted by Gasteiger charge is -2.06. The van der Waals surface area contributed by atoms with Gasteiger partial charge in [0.15, 0.2) is 0 Å². The normalized spacial score (nSPS) is 10.3. The third kappa shape index (κ3) is 2.27. The van der Waals surface area contributed by atoms with Gasteiger partial charge in [-0.25, -0.2) is 9.97 Å². The molecule has 2 rings (SSSR count). The third-order valence-corrected chi connectivity index (χ3v) is 2.41. The third-order valence-electron chi connectivity index (χ3n) is 2.07. The highest BCUT2D eigenvalue weighted by Crippen LogP contribution is 2.17. The van der Waals surface area contributed by atoms with E-state index in [-0.39, 0.29) is 0 Å². The minimum atomic E-state index is 0.633. The molecule has 2 aromatic rings. The maximum Gasteiger partial charge on any atom is 0.126 e. The fourth-order valence-electron chi connectivity index (χ4n) is 1.29. The molecule has 2 aromatic heterocycles. The summed E-state index contributed by atoms with van der Waals surface area (Å²) >= 11 is 6.05. The first-order valence-corrected chi connectivity index (χ1v) is 4.96. The molecule has 0 saturated heterocycles. The predicted octanol–water partition coefficient (Wildman–Crippen LogP) is 2.02. The van der Waals surface area contributed by atoms with Crippen LogP contribution in [-0.2, 0) is 6.54 Å². The molecule has 78 valence electrons. The van der Waals surface area contributed by atoms with Crippen molar-refractivity contribution in [1.29, 1.82) is 0 Å². The first-order valence-electron chi connectivity index (χ1n) is 4.58. The van der Waals surface area contributed by atoms with Gasteiger partial charge in [0.05, 0.1) is 23.6 Å². The Morgan fingerprint density at radius 3 is 3.00 bits per heavy atom. The first-order chi connectivity index (χ1) is 7.29. The molecule has 0 saturated carbocycles. The zero-order chi connectivity index (χ0) is 10.7. The standard InChI is InChI=1S/C10H11ClN4/c1-12-10-3-2-8(11)9(14-10)6-15-5-4-13-7-15/h2-5,7H,6H2,1H3,(H,12,14). The highest BCUT2D eigenvalue weighted by atomic mass is 35.5. The topological polar surface area (TPSA) is 42.7 Å². The Labute approximate surface area is 92.9 Å². The van der Waals surface area contributed by atoms with Gasteiger partial charge in [0.2, 0.25) is 0 Å². The van der Waals surface area contributed by atoms with E-state index in [0.29, 0.717) is 11.6 Å². The lowest BCUT2D eigenvalue weighted by Crippen LogP contribution is -2.02. The number of hydrogen-bond acceptors (Lipinski definition) is 3. The van der Waals surface area contributed by atoms with Crippen LogP contribution in [0.3, 0.4) is 0 Å². The van der Waals surface area contributed by atoms with Gasteiger partial charge in [0.1, 0.15) is 5.82 Å². The lowest BCUT2D eigenvalue weighted by atomic mass is 10.3. The second-order valence-corrected chi connectivity index (χ2v) is 3.52. The number of hydrogen-bond donors (Lipinski definition) is 1. The SMILES string of the molecule is CNc1ccc(Cl)c(Cn2ccnc2)n1. The van der Waals surface area contributed by atoms with Crippen molar-refractivity contribution in [2.75, 3.05) is 12.4 Å². The molecule has 4 nitrogen and oxygen atoms in total. The van der Waals surface area contributed by atoms with Crippen LogP contribution in [0.4, 0.5) is 5.82 Å². The van der Waals surface area contributed by atoms with Crippen LogP contribution in [0.1, 0.15) is 5.69 Å². The van der Waals surface area contributed by atoms with Crippen molar-refractivity contribution in [3.63, 3.8) is 0 Å². The average molecular weight is 223 g/mol. The number of nitrogens with one attached hydrogen (secondary N) is 1. The number of nitrogens with zero attached hydrogens (tertiary/aromatic N) is 3. The molecule has 0 unspecified atom stereocenters. The Hall–Kier alpha value is -1.55. The van der Waals surface area contributed by atoms with Crippen LogP contribution in [0.2, 0.25) is 5.02 Å². The Morgan fingerprint density at radius 2 is 2.33 bits per heavy atom. The molecule has 1 N–H and O–H groups in total. The van der Waals surface area contributed by atoms with Gasteiger partial charge in [-0.05, 0) is 12.1 Å². The Balaban J connectivity index is 2.27. The summed E-state index contributed by atoms with van der Waals surface area (Å²) in [7, 11) is 1.83. The van der Waals surface area contributed by atoms with Gasteiger partial charge >= 0.3 is 0 Å². The van der Waals surface area contributed by atoms with Gasteiger partial charge in [0, 0.05) is 19.4 Å². The molecule has 0 aromatic carbocycles. The summed E-state index contributed by atoms with van der Waals surface area (Å²) < 4.78 is 1.92. The van der Waals surface area contributed by atoms with Crippen LogP contribution >= 0.6 is 11.6 Å². The largest absolute Gasteiger partial charge is 0.373 e. The van der Waals surface area contributed by atoms with Crippen molar-refractivity contribution < 1.29 is 0 Å². The maximum atomic E-state index is 6.05. The predicted molar refractivity (Wildman–Crippen MR) is 60.1 cm³/mol. The van der Waals surface area contributed by atoms with Gasteiger partial charge in [-0.1, -0.05) is 11.6 Å². The van der Waals surface area contributed by atoms with Crippen molar-refractivity contribution in [3.05, 3.63) is 41.6 Å². The minimum Gasteiger partial charge on any atom is -0.373 e. The Kier molecular flexibility index (Phi) is 2.87. The van der Waals surface area contributed by atoms with E-state index in [0.717, 1.165) is 11.5 Å². The maximum absolute atomic E-state index is 6.05. The lowest BCUT2D eigenvalue weighted by molar-refractivity contribution is 0.774. The summed E-state index contributed by atoms with van der Waals surface area (Å²) in [5.41, 5.74) is 0.835. The van der Waals surface area contributed by atoms with Gasteiger partial charge in [-0.2, -0.15) is 0 Å². The van der Waals surface area contributed by atoms with E-state index in [1.54, 1.807) is 12.5 Å². The molecule has 15 heavy (non-hydrogen) atoms. The van der Waals surface area contributed by atoms with Gasteiger partial charge in [-0.3, -0.25) is 0 Å². The van der Waals surface area contributed by atoms with Crippen LogP contribution in [0.25, 0.3) is 0 Å². The van der Waals surface area contributed by atoms with E-state index in [4.69, 9.17) is 11.6 Å². The van der Waals surface area contributed by atoms with Crippen LogP contribution in [0.5, 0.6) is 0 Å². The molecule has 0 fully saturated rings. The molecular formula is C10H11ClN4. The summed E-state index contributed by atoms with van der Waals surface area (Å²) in [6.07, 6.45) is 5.35. The van der Waals surface area contributed by atoms with Crippen LogP contribution in [0.15, 0.2) is 30.9 Å². The Bertz CT molecular complexity index is 439.